The van der Waals surface area contributed by atoms with Crippen LogP contribution in [0.4, 0.5) is 0 Å². The monoisotopic (exact) mass is 309 g/mol. The van der Waals surface area contributed by atoms with E-state index in [2.05, 4.69) is 31.2 Å². The highest BCUT2D eigenvalue weighted by atomic mass is 16.5. The van der Waals surface area contributed by atoms with Crippen LogP contribution in [0.1, 0.15) is 51.5 Å². The van der Waals surface area contributed by atoms with Gasteiger partial charge in [-0.3, -0.25) is 9.59 Å². The molecule has 0 aliphatic rings. The number of nitrogens with zero attached hydrogens (tertiary/aromatic N) is 2. The molecule has 22 heavy (non-hydrogen) atoms. The largest absolute Gasteiger partial charge is 0.383 e. The fourth-order valence-corrected chi connectivity index (χ4v) is 2.65. The maximum absolute atomic E-state index is 12.4. The Labute approximate surface area is 131 Å². The van der Waals surface area contributed by atoms with E-state index in [1.165, 1.54) is 16.8 Å². The molecule has 0 unspecified atom stereocenters. The van der Waals surface area contributed by atoms with E-state index in [1.54, 1.807) is 7.11 Å². The summed E-state index contributed by atoms with van der Waals surface area (Å²) in [6.45, 7) is 11.0. The molecule has 0 atom stereocenters. The van der Waals surface area contributed by atoms with Gasteiger partial charge in [0.15, 0.2) is 0 Å². The first-order valence-electron chi connectivity index (χ1n) is 7.44. The van der Waals surface area contributed by atoms with Crippen molar-refractivity contribution in [2.45, 2.75) is 53.1 Å². The molecule has 1 heterocycles. The summed E-state index contributed by atoms with van der Waals surface area (Å²) < 4.78 is 6.18. The predicted molar refractivity (Wildman–Crippen MR) is 86.0 cm³/mol. The number of amides is 1. The summed E-state index contributed by atoms with van der Waals surface area (Å²) in [7, 11) is 1.55. The van der Waals surface area contributed by atoms with Gasteiger partial charge in [0.25, 0.3) is 11.5 Å². The zero-order chi connectivity index (χ0) is 17.0. The average Bonchev–Trinajstić information content (AvgIpc) is 2.34. The molecule has 1 aromatic rings. The molecular formula is C16H27N3O3. The number of methoxy groups -OCH3 is 1. The maximum Gasteiger partial charge on any atom is 0.272 e. The molecule has 1 N–H and O–H groups in total. The first kappa shape index (κ1) is 18.4. The fraction of sp³-hybridized carbons (Fsp3) is 0.688. The molecule has 0 fully saturated rings. The van der Waals surface area contributed by atoms with Crippen LogP contribution in [0.2, 0.25) is 0 Å². The molecule has 6 heteroatoms. The number of carbonyl (C=O) groups is 1. The van der Waals surface area contributed by atoms with Gasteiger partial charge >= 0.3 is 0 Å². The maximum atomic E-state index is 12.4. The van der Waals surface area contributed by atoms with Gasteiger partial charge in [0, 0.05) is 18.7 Å². The van der Waals surface area contributed by atoms with Crippen LogP contribution < -0.4 is 10.9 Å². The lowest BCUT2D eigenvalue weighted by Crippen LogP contribution is -2.46. The van der Waals surface area contributed by atoms with Crippen molar-refractivity contribution < 1.29 is 9.53 Å². The Morgan fingerprint density at radius 1 is 1.27 bits per heavy atom. The summed E-state index contributed by atoms with van der Waals surface area (Å²) in [5, 5.41) is 7.09. The van der Waals surface area contributed by atoms with Crippen LogP contribution in [0.15, 0.2) is 16.9 Å². The van der Waals surface area contributed by atoms with Gasteiger partial charge in [0.2, 0.25) is 0 Å². The summed E-state index contributed by atoms with van der Waals surface area (Å²) in [5.74, 6) is -0.277. The Balaban J connectivity index is 2.87. The Bertz CT molecular complexity index is 571. The third-order valence-corrected chi connectivity index (χ3v) is 3.03. The standard InChI is InChI=1S/C16H27N3O3/c1-15(2,3)11-16(4,5)17-14(21)12-7-8-13(20)19(18-12)9-10-22-6/h7-8H,9-11H2,1-6H3,(H,17,21). The van der Waals surface area contributed by atoms with Crippen molar-refractivity contribution in [2.75, 3.05) is 13.7 Å². The lowest BCUT2D eigenvalue weighted by molar-refractivity contribution is 0.0882. The predicted octanol–water partition coefficient (Wildman–Crippen LogP) is 1.83. The number of ether oxygens (including phenoxy) is 1. The Morgan fingerprint density at radius 2 is 1.91 bits per heavy atom. The minimum Gasteiger partial charge on any atom is -0.383 e. The van der Waals surface area contributed by atoms with Gasteiger partial charge in [0.1, 0.15) is 5.69 Å². The van der Waals surface area contributed by atoms with Crippen molar-refractivity contribution in [2.24, 2.45) is 5.41 Å². The smallest absolute Gasteiger partial charge is 0.272 e. The van der Waals surface area contributed by atoms with E-state index in [9.17, 15) is 9.59 Å². The molecule has 0 aromatic carbocycles. The van der Waals surface area contributed by atoms with E-state index in [-0.39, 0.29) is 28.1 Å². The average molecular weight is 309 g/mol. The highest BCUT2D eigenvalue weighted by Gasteiger charge is 2.27. The fourth-order valence-electron chi connectivity index (χ4n) is 2.65. The number of nitrogens with one attached hydrogen (secondary N) is 1. The van der Waals surface area contributed by atoms with Crippen molar-refractivity contribution in [3.8, 4) is 0 Å². The van der Waals surface area contributed by atoms with Gasteiger partial charge < -0.3 is 10.1 Å². The second-order valence-electron chi connectivity index (χ2n) is 7.35. The Kier molecular flexibility index (Phi) is 5.88. The third kappa shape index (κ3) is 5.97. The van der Waals surface area contributed by atoms with E-state index in [1.807, 2.05) is 13.8 Å². The van der Waals surface area contributed by atoms with Crippen LogP contribution in [-0.2, 0) is 11.3 Å². The highest BCUT2D eigenvalue weighted by molar-refractivity contribution is 5.92. The molecule has 0 aliphatic heterocycles. The Morgan fingerprint density at radius 3 is 2.45 bits per heavy atom. The number of hydrogen-bond donors (Lipinski definition) is 1. The molecule has 0 aliphatic carbocycles. The van der Waals surface area contributed by atoms with Gasteiger partial charge in [-0.1, -0.05) is 20.8 Å². The summed E-state index contributed by atoms with van der Waals surface area (Å²) in [6, 6.07) is 2.81. The van der Waals surface area contributed by atoms with Gasteiger partial charge in [-0.05, 0) is 31.7 Å². The number of carbonyl (C=O) groups excluding carboxylic acids is 1. The van der Waals surface area contributed by atoms with E-state index < -0.39 is 0 Å². The molecule has 6 nitrogen and oxygen atoms in total. The van der Waals surface area contributed by atoms with E-state index in [0.29, 0.717) is 13.2 Å². The number of aromatic nitrogens is 2. The van der Waals surface area contributed by atoms with Crippen LogP contribution in [0.25, 0.3) is 0 Å². The minimum atomic E-state index is -0.357. The van der Waals surface area contributed by atoms with Crippen molar-refractivity contribution in [1.82, 2.24) is 15.1 Å². The zero-order valence-electron chi connectivity index (χ0n) is 14.4. The topological polar surface area (TPSA) is 73.2 Å². The molecule has 0 saturated heterocycles. The number of rotatable bonds is 6. The van der Waals surface area contributed by atoms with Gasteiger partial charge in [-0.25, -0.2) is 4.68 Å². The lowest BCUT2D eigenvalue weighted by atomic mass is 9.82. The molecule has 0 radical (unpaired) electrons. The van der Waals surface area contributed by atoms with Crippen LogP contribution in [-0.4, -0.2) is 34.9 Å². The van der Waals surface area contributed by atoms with E-state index >= 15 is 0 Å². The summed E-state index contributed by atoms with van der Waals surface area (Å²) in [4.78, 5) is 24.0. The second kappa shape index (κ2) is 7.05. The van der Waals surface area contributed by atoms with Crippen molar-refractivity contribution >= 4 is 5.91 Å². The summed E-state index contributed by atoms with van der Waals surface area (Å²) >= 11 is 0. The minimum absolute atomic E-state index is 0.0987. The second-order valence-corrected chi connectivity index (χ2v) is 7.35. The van der Waals surface area contributed by atoms with Crippen molar-refractivity contribution in [3.63, 3.8) is 0 Å². The summed E-state index contributed by atoms with van der Waals surface area (Å²) in [5.41, 5.74) is -0.272. The summed E-state index contributed by atoms with van der Waals surface area (Å²) in [6.07, 6.45) is 0.828. The molecule has 0 spiro atoms. The van der Waals surface area contributed by atoms with E-state index in [4.69, 9.17) is 4.74 Å². The lowest BCUT2D eigenvalue weighted by Gasteiger charge is -2.33. The quantitative estimate of drug-likeness (QED) is 0.870. The first-order valence-corrected chi connectivity index (χ1v) is 7.44. The van der Waals surface area contributed by atoms with E-state index in [0.717, 1.165) is 6.42 Å². The third-order valence-electron chi connectivity index (χ3n) is 3.03. The Hall–Kier alpha value is -1.69. The highest BCUT2D eigenvalue weighted by Crippen LogP contribution is 2.26. The number of hydrogen-bond acceptors (Lipinski definition) is 4. The van der Waals surface area contributed by atoms with Gasteiger partial charge in [-0.2, -0.15) is 5.10 Å². The molecule has 1 rings (SSSR count). The normalized spacial score (nSPS) is 12.3. The molecule has 0 saturated carbocycles. The van der Waals surface area contributed by atoms with Crippen LogP contribution in [0, 0.1) is 5.41 Å². The van der Waals surface area contributed by atoms with Crippen LogP contribution in [0.3, 0.4) is 0 Å². The first-order chi connectivity index (χ1) is 10.0. The SMILES string of the molecule is COCCn1nc(C(=O)NC(C)(C)CC(C)(C)C)ccc1=O. The van der Waals surface area contributed by atoms with Gasteiger partial charge in [-0.15, -0.1) is 0 Å². The molecule has 1 aromatic heterocycles. The van der Waals surface area contributed by atoms with Crippen molar-refractivity contribution in [3.05, 3.63) is 28.2 Å². The zero-order valence-corrected chi connectivity index (χ0v) is 14.4. The molecule has 0 bridgehead atoms. The molecule has 1 amide bonds. The van der Waals surface area contributed by atoms with Crippen LogP contribution >= 0.6 is 0 Å². The van der Waals surface area contributed by atoms with Gasteiger partial charge in [0.05, 0.1) is 13.2 Å². The van der Waals surface area contributed by atoms with Crippen molar-refractivity contribution in [1.29, 1.82) is 0 Å². The molecule has 124 valence electrons. The molecular weight excluding hydrogens is 282 g/mol. The van der Waals surface area contributed by atoms with Crippen LogP contribution in [0.5, 0.6) is 0 Å².